The monoisotopic (exact) mass is 387 g/mol. The number of nitrogens with two attached hydrogens (primary N) is 1. The molecule has 0 aliphatic heterocycles. The van der Waals surface area contributed by atoms with Crippen LogP contribution in [0.1, 0.15) is 27.7 Å². The zero-order chi connectivity index (χ0) is 21.3. The van der Waals surface area contributed by atoms with Gasteiger partial charge in [-0.3, -0.25) is 9.59 Å². The molecule has 0 unspecified atom stereocenters. The van der Waals surface area contributed by atoms with Crippen LogP contribution in [0, 0.1) is 11.3 Å². The van der Waals surface area contributed by atoms with Gasteiger partial charge in [0.2, 0.25) is 5.91 Å². The number of ether oxygens (including phenoxy) is 1. The molecular weight excluding hydrogens is 362 g/mol. The molecular formula is C19H25N5O4. The summed E-state index contributed by atoms with van der Waals surface area (Å²) in [5, 5.41) is 14.6. The molecule has 0 radical (unpaired) electrons. The quantitative estimate of drug-likeness (QED) is 0.292. The highest BCUT2D eigenvalue weighted by atomic mass is 16.6. The smallest absolute Gasteiger partial charge is 0.407 e. The molecule has 0 heterocycles. The van der Waals surface area contributed by atoms with E-state index < -0.39 is 23.5 Å². The van der Waals surface area contributed by atoms with E-state index in [-0.39, 0.29) is 18.7 Å². The first-order valence-electron chi connectivity index (χ1n) is 8.56. The molecule has 0 aliphatic carbocycles. The van der Waals surface area contributed by atoms with Crippen LogP contribution >= 0.6 is 0 Å². The molecule has 1 aromatic carbocycles. The zero-order valence-corrected chi connectivity index (χ0v) is 16.4. The molecule has 3 amide bonds. The minimum Gasteiger partial charge on any atom is -0.444 e. The van der Waals surface area contributed by atoms with Crippen LogP contribution in [-0.4, -0.2) is 36.6 Å². The average molecular weight is 387 g/mol. The number of anilines is 2. The average Bonchev–Trinajstić information content (AvgIpc) is 2.58. The first kappa shape index (κ1) is 22.5. The minimum absolute atomic E-state index is 0.215. The standard InChI is InChI=1S/C19H25N5O4/c1-13(25)24(16-7-5-15(21)6-8-16)17(26)14(11-20)12-22-9-10-23-18(27)28-19(2,3)4/h5-8,12,22H,9-10,21H2,1-4H3,(H,23,27)/b14-12-. The number of hydrogen-bond donors (Lipinski definition) is 3. The lowest BCUT2D eigenvalue weighted by molar-refractivity contribution is -0.123. The van der Waals surface area contributed by atoms with Crippen molar-refractivity contribution in [2.24, 2.45) is 0 Å². The Hall–Kier alpha value is -3.54. The Morgan fingerprint density at radius 3 is 2.32 bits per heavy atom. The van der Waals surface area contributed by atoms with Crippen molar-refractivity contribution >= 4 is 29.3 Å². The van der Waals surface area contributed by atoms with Crippen molar-refractivity contribution in [3.05, 3.63) is 36.0 Å². The van der Waals surface area contributed by atoms with Gasteiger partial charge in [0.25, 0.3) is 5.91 Å². The van der Waals surface area contributed by atoms with Crippen LogP contribution in [0.4, 0.5) is 16.2 Å². The van der Waals surface area contributed by atoms with Gasteiger partial charge in [0, 0.05) is 31.9 Å². The van der Waals surface area contributed by atoms with E-state index >= 15 is 0 Å². The predicted molar refractivity (Wildman–Crippen MR) is 105 cm³/mol. The first-order chi connectivity index (χ1) is 13.0. The number of carbonyl (C=O) groups excluding carboxylic acids is 3. The number of amides is 3. The first-order valence-corrected chi connectivity index (χ1v) is 8.56. The fourth-order valence-electron chi connectivity index (χ4n) is 2.05. The fraction of sp³-hybridized carbons (Fsp3) is 0.368. The Bertz CT molecular complexity index is 788. The predicted octanol–water partition coefficient (Wildman–Crippen LogP) is 1.67. The summed E-state index contributed by atoms with van der Waals surface area (Å²) >= 11 is 0. The van der Waals surface area contributed by atoms with Crippen LogP contribution in [0.15, 0.2) is 36.0 Å². The van der Waals surface area contributed by atoms with Crippen molar-refractivity contribution in [2.45, 2.75) is 33.3 Å². The second-order valence-corrected chi connectivity index (χ2v) is 6.80. The highest BCUT2D eigenvalue weighted by Crippen LogP contribution is 2.18. The number of nitrogen functional groups attached to an aromatic ring is 1. The number of rotatable bonds is 6. The second-order valence-electron chi connectivity index (χ2n) is 6.80. The molecule has 0 spiro atoms. The van der Waals surface area contributed by atoms with E-state index in [0.717, 1.165) is 4.90 Å². The van der Waals surface area contributed by atoms with Gasteiger partial charge in [-0.1, -0.05) is 0 Å². The Kier molecular flexibility index (Phi) is 8.01. The molecule has 4 N–H and O–H groups in total. The van der Waals surface area contributed by atoms with Gasteiger partial charge in [0.15, 0.2) is 0 Å². The molecule has 9 nitrogen and oxygen atoms in total. The van der Waals surface area contributed by atoms with Gasteiger partial charge in [-0.05, 0) is 45.0 Å². The molecule has 0 bridgehead atoms. The van der Waals surface area contributed by atoms with Crippen LogP contribution in [0.5, 0.6) is 0 Å². The van der Waals surface area contributed by atoms with Crippen molar-refractivity contribution in [1.82, 2.24) is 10.6 Å². The number of nitriles is 1. The van der Waals surface area contributed by atoms with Gasteiger partial charge in [0.05, 0.1) is 5.69 Å². The molecule has 1 aromatic rings. The summed E-state index contributed by atoms with van der Waals surface area (Å²) in [5.41, 5.74) is 5.54. The van der Waals surface area contributed by atoms with Gasteiger partial charge in [-0.15, -0.1) is 0 Å². The number of carbonyl (C=O) groups is 3. The summed E-state index contributed by atoms with van der Waals surface area (Å²) in [6.07, 6.45) is 0.632. The van der Waals surface area contributed by atoms with E-state index in [1.165, 1.54) is 25.3 Å². The van der Waals surface area contributed by atoms with Gasteiger partial charge >= 0.3 is 6.09 Å². The topological polar surface area (TPSA) is 138 Å². The van der Waals surface area contributed by atoms with Gasteiger partial charge in [0.1, 0.15) is 17.2 Å². The number of nitrogens with one attached hydrogen (secondary N) is 2. The second kappa shape index (κ2) is 9.97. The summed E-state index contributed by atoms with van der Waals surface area (Å²) in [6, 6.07) is 7.90. The third kappa shape index (κ3) is 7.37. The lowest BCUT2D eigenvalue weighted by Crippen LogP contribution is -2.37. The van der Waals surface area contributed by atoms with Crippen LogP contribution in [0.2, 0.25) is 0 Å². The Morgan fingerprint density at radius 1 is 1.21 bits per heavy atom. The van der Waals surface area contributed by atoms with Crippen molar-refractivity contribution < 1.29 is 19.1 Å². The SMILES string of the molecule is CC(=O)N(C(=O)/C(C#N)=C\NCCNC(=O)OC(C)(C)C)c1ccc(N)cc1. The number of alkyl carbamates (subject to hydrolysis) is 1. The van der Waals surface area contributed by atoms with Crippen LogP contribution in [-0.2, 0) is 14.3 Å². The molecule has 1 rings (SSSR count). The molecule has 0 saturated carbocycles. The van der Waals surface area contributed by atoms with Gasteiger partial charge in [-0.2, -0.15) is 5.26 Å². The summed E-state index contributed by atoms with van der Waals surface area (Å²) in [6.45, 7) is 6.94. The Morgan fingerprint density at radius 2 is 1.82 bits per heavy atom. The lowest BCUT2D eigenvalue weighted by atomic mass is 10.2. The van der Waals surface area contributed by atoms with Gasteiger partial charge < -0.3 is 21.1 Å². The summed E-state index contributed by atoms with van der Waals surface area (Å²) in [7, 11) is 0. The normalized spacial score (nSPS) is 11.2. The molecule has 0 atom stereocenters. The van der Waals surface area contributed by atoms with E-state index in [4.69, 9.17) is 10.5 Å². The van der Waals surface area contributed by atoms with Crippen LogP contribution in [0.3, 0.4) is 0 Å². The molecule has 0 saturated heterocycles. The summed E-state index contributed by atoms with van der Waals surface area (Å²) < 4.78 is 5.09. The molecule has 0 fully saturated rings. The van der Waals surface area contributed by atoms with Crippen molar-refractivity contribution in [3.63, 3.8) is 0 Å². The maximum Gasteiger partial charge on any atom is 0.407 e. The molecule has 28 heavy (non-hydrogen) atoms. The maximum absolute atomic E-state index is 12.6. The molecule has 0 aliphatic rings. The lowest BCUT2D eigenvalue weighted by Gasteiger charge is -2.20. The third-order valence-electron chi connectivity index (χ3n) is 3.20. The summed E-state index contributed by atoms with van der Waals surface area (Å²) in [5.74, 6) is -1.31. The number of imide groups is 1. The Labute approximate surface area is 164 Å². The third-order valence-corrected chi connectivity index (χ3v) is 3.20. The minimum atomic E-state index is -0.771. The molecule has 150 valence electrons. The highest BCUT2D eigenvalue weighted by Gasteiger charge is 2.23. The van der Waals surface area contributed by atoms with Crippen LogP contribution in [0.25, 0.3) is 0 Å². The Balaban J connectivity index is 2.70. The molecule has 9 heteroatoms. The van der Waals surface area contributed by atoms with Crippen molar-refractivity contribution in [2.75, 3.05) is 23.7 Å². The fourth-order valence-corrected chi connectivity index (χ4v) is 2.05. The van der Waals surface area contributed by atoms with Gasteiger partial charge in [-0.25, -0.2) is 9.69 Å². The van der Waals surface area contributed by atoms with E-state index in [1.54, 1.807) is 39.0 Å². The van der Waals surface area contributed by atoms with Crippen molar-refractivity contribution in [3.8, 4) is 6.07 Å². The largest absolute Gasteiger partial charge is 0.444 e. The van der Waals surface area contributed by atoms with E-state index in [2.05, 4.69) is 10.6 Å². The van der Waals surface area contributed by atoms with Crippen LogP contribution < -0.4 is 21.3 Å². The highest BCUT2D eigenvalue weighted by molar-refractivity contribution is 6.21. The van der Waals surface area contributed by atoms with Crippen molar-refractivity contribution in [1.29, 1.82) is 5.26 Å². The van der Waals surface area contributed by atoms with E-state index in [0.29, 0.717) is 11.4 Å². The zero-order valence-electron chi connectivity index (χ0n) is 16.4. The number of hydrogen-bond acceptors (Lipinski definition) is 7. The number of benzene rings is 1. The van der Waals surface area contributed by atoms with E-state index in [1.807, 2.05) is 0 Å². The molecule has 0 aromatic heterocycles. The summed E-state index contributed by atoms with van der Waals surface area (Å²) in [4.78, 5) is 36.9. The maximum atomic E-state index is 12.6. The number of nitrogens with zero attached hydrogens (tertiary/aromatic N) is 2. The van der Waals surface area contributed by atoms with E-state index in [9.17, 15) is 19.6 Å².